The SMILES string of the molecule is CCC(C)CC(C)(C)Cl. The fourth-order valence-corrected chi connectivity index (χ4v) is 1.24. The molecule has 0 rings (SSSR count). The topological polar surface area (TPSA) is 0 Å². The van der Waals surface area contributed by atoms with Gasteiger partial charge in [0.2, 0.25) is 0 Å². The molecule has 9 heavy (non-hydrogen) atoms. The maximum absolute atomic E-state index is 6.01. The number of halogens is 1. The molecule has 1 heteroatoms. The lowest BCUT2D eigenvalue weighted by atomic mass is 9.96. The normalized spacial score (nSPS) is 15.7. The minimum Gasteiger partial charge on any atom is -0.120 e. The third kappa shape index (κ3) is 6.17. The van der Waals surface area contributed by atoms with Crippen molar-refractivity contribution in [2.24, 2.45) is 5.92 Å². The van der Waals surface area contributed by atoms with Crippen LogP contribution in [0.3, 0.4) is 0 Å². The fourth-order valence-electron chi connectivity index (χ4n) is 0.973. The van der Waals surface area contributed by atoms with E-state index < -0.39 is 0 Å². The maximum atomic E-state index is 6.01. The third-order valence-electron chi connectivity index (χ3n) is 1.53. The van der Waals surface area contributed by atoms with Gasteiger partial charge in [-0.1, -0.05) is 20.3 Å². The lowest BCUT2D eigenvalue weighted by molar-refractivity contribution is 0.450. The molecule has 1 atom stereocenters. The van der Waals surface area contributed by atoms with E-state index >= 15 is 0 Å². The van der Waals surface area contributed by atoms with Gasteiger partial charge in [0, 0.05) is 4.87 Å². The van der Waals surface area contributed by atoms with Crippen molar-refractivity contribution in [2.45, 2.75) is 45.4 Å². The quantitative estimate of drug-likeness (QED) is 0.538. The third-order valence-corrected chi connectivity index (χ3v) is 1.69. The second-order valence-electron chi connectivity index (χ2n) is 3.44. The second kappa shape index (κ2) is 3.46. The summed E-state index contributed by atoms with van der Waals surface area (Å²) in [5.74, 6) is 0.762. The Hall–Kier alpha value is 0.290. The highest BCUT2D eigenvalue weighted by Gasteiger charge is 2.15. The zero-order chi connectivity index (χ0) is 7.49. The minimum atomic E-state index is -0.00454. The summed E-state index contributed by atoms with van der Waals surface area (Å²) in [5.41, 5.74) is 0. The predicted octanol–water partition coefficient (Wildman–Crippen LogP) is 3.44. The molecule has 1 unspecified atom stereocenters. The van der Waals surface area contributed by atoms with E-state index in [0.717, 1.165) is 12.3 Å². The number of rotatable bonds is 3. The van der Waals surface area contributed by atoms with Gasteiger partial charge >= 0.3 is 0 Å². The van der Waals surface area contributed by atoms with E-state index in [9.17, 15) is 0 Å². The predicted molar refractivity (Wildman–Crippen MR) is 44.0 cm³/mol. The van der Waals surface area contributed by atoms with Crippen LogP contribution < -0.4 is 0 Å². The molecule has 0 aromatic heterocycles. The first-order chi connectivity index (χ1) is 3.95. The molecule has 0 saturated heterocycles. The van der Waals surface area contributed by atoms with Crippen LogP contribution in [0.2, 0.25) is 0 Å². The first-order valence-corrected chi connectivity index (χ1v) is 4.02. The van der Waals surface area contributed by atoms with Crippen LogP contribution in [0.4, 0.5) is 0 Å². The van der Waals surface area contributed by atoms with E-state index in [1.807, 2.05) is 0 Å². The van der Waals surface area contributed by atoms with E-state index in [1.165, 1.54) is 6.42 Å². The van der Waals surface area contributed by atoms with Crippen LogP contribution in [0.15, 0.2) is 0 Å². The minimum absolute atomic E-state index is 0.00454. The highest BCUT2D eigenvalue weighted by atomic mass is 35.5. The molecule has 0 fully saturated rings. The Morgan fingerprint density at radius 3 is 2.00 bits per heavy atom. The molecule has 0 amide bonds. The first-order valence-electron chi connectivity index (χ1n) is 3.64. The smallest absolute Gasteiger partial charge is 0.0393 e. The molecule has 56 valence electrons. The van der Waals surface area contributed by atoms with Gasteiger partial charge in [-0.3, -0.25) is 0 Å². The summed E-state index contributed by atoms with van der Waals surface area (Å²) >= 11 is 6.01. The van der Waals surface area contributed by atoms with Crippen molar-refractivity contribution in [1.29, 1.82) is 0 Å². The molecule has 0 aliphatic heterocycles. The van der Waals surface area contributed by atoms with Gasteiger partial charge in [0.1, 0.15) is 0 Å². The van der Waals surface area contributed by atoms with Crippen LogP contribution >= 0.6 is 11.6 Å². The van der Waals surface area contributed by atoms with Crippen molar-refractivity contribution in [3.05, 3.63) is 0 Å². The molecule has 0 aliphatic carbocycles. The van der Waals surface area contributed by atoms with Crippen LogP contribution in [0.25, 0.3) is 0 Å². The Morgan fingerprint density at radius 1 is 1.44 bits per heavy atom. The number of hydrogen-bond acceptors (Lipinski definition) is 0. The van der Waals surface area contributed by atoms with Crippen molar-refractivity contribution >= 4 is 11.6 Å². The van der Waals surface area contributed by atoms with E-state index in [4.69, 9.17) is 11.6 Å². The summed E-state index contributed by atoms with van der Waals surface area (Å²) in [7, 11) is 0. The van der Waals surface area contributed by atoms with E-state index in [1.54, 1.807) is 0 Å². The lowest BCUT2D eigenvalue weighted by Crippen LogP contribution is -2.14. The average Bonchev–Trinajstić information content (AvgIpc) is 1.62. The molecule has 0 aliphatic rings. The van der Waals surface area contributed by atoms with Crippen molar-refractivity contribution in [3.8, 4) is 0 Å². The van der Waals surface area contributed by atoms with Crippen LogP contribution in [0, 0.1) is 5.92 Å². The Morgan fingerprint density at radius 2 is 1.89 bits per heavy atom. The highest BCUT2D eigenvalue weighted by molar-refractivity contribution is 6.23. The average molecular weight is 149 g/mol. The molecular weight excluding hydrogens is 132 g/mol. The Bertz CT molecular complexity index is 71.1. The standard InChI is InChI=1S/C8H17Cl/c1-5-7(2)6-8(3,4)9/h7H,5-6H2,1-4H3. The van der Waals surface area contributed by atoms with Gasteiger partial charge in [-0.05, 0) is 26.2 Å². The van der Waals surface area contributed by atoms with Crippen molar-refractivity contribution in [2.75, 3.05) is 0 Å². The second-order valence-corrected chi connectivity index (χ2v) is 4.46. The zero-order valence-corrected chi connectivity index (χ0v) is 7.63. The lowest BCUT2D eigenvalue weighted by Gasteiger charge is -2.19. The molecule has 0 radical (unpaired) electrons. The molecular formula is C8H17Cl. The van der Waals surface area contributed by atoms with E-state index in [-0.39, 0.29) is 4.87 Å². The van der Waals surface area contributed by atoms with Gasteiger partial charge in [-0.25, -0.2) is 0 Å². The van der Waals surface area contributed by atoms with Gasteiger partial charge < -0.3 is 0 Å². The molecule has 0 heterocycles. The fraction of sp³-hybridized carbons (Fsp3) is 1.00. The van der Waals surface area contributed by atoms with Crippen LogP contribution in [-0.4, -0.2) is 4.87 Å². The number of hydrogen-bond donors (Lipinski definition) is 0. The van der Waals surface area contributed by atoms with Gasteiger partial charge in [-0.2, -0.15) is 0 Å². The van der Waals surface area contributed by atoms with Crippen molar-refractivity contribution < 1.29 is 0 Å². The number of alkyl halides is 1. The highest BCUT2D eigenvalue weighted by Crippen LogP contribution is 2.24. The maximum Gasteiger partial charge on any atom is 0.0393 e. The van der Waals surface area contributed by atoms with Crippen LogP contribution in [0.1, 0.15) is 40.5 Å². The Balaban J connectivity index is 3.47. The van der Waals surface area contributed by atoms with E-state index in [0.29, 0.717) is 0 Å². The summed E-state index contributed by atoms with van der Waals surface area (Å²) in [6, 6.07) is 0. The molecule has 0 saturated carbocycles. The van der Waals surface area contributed by atoms with Gasteiger partial charge in [0.25, 0.3) is 0 Å². The largest absolute Gasteiger partial charge is 0.120 e. The van der Waals surface area contributed by atoms with Crippen LogP contribution in [-0.2, 0) is 0 Å². The van der Waals surface area contributed by atoms with Crippen molar-refractivity contribution in [1.82, 2.24) is 0 Å². The Labute approximate surface area is 63.6 Å². The van der Waals surface area contributed by atoms with Gasteiger partial charge in [0.05, 0.1) is 0 Å². The summed E-state index contributed by atoms with van der Waals surface area (Å²) in [6.45, 7) is 8.58. The van der Waals surface area contributed by atoms with Crippen LogP contribution in [0.5, 0.6) is 0 Å². The molecule has 0 aromatic carbocycles. The molecule has 0 spiro atoms. The summed E-state index contributed by atoms with van der Waals surface area (Å²) in [4.78, 5) is -0.00454. The Kier molecular flexibility index (Phi) is 3.57. The zero-order valence-electron chi connectivity index (χ0n) is 6.87. The summed E-state index contributed by atoms with van der Waals surface area (Å²) in [6.07, 6.45) is 2.35. The van der Waals surface area contributed by atoms with Gasteiger partial charge in [-0.15, -0.1) is 11.6 Å². The summed E-state index contributed by atoms with van der Waals surface area (Å²) < 4.78 is 0. The molecule has 0 N–H and O–H groups in total. The monoisotopic (exact) mass is 148 g/mol. The van der Waals surface area contributed by atoms with E-state index in [2.05, 4.69) is 27.7 Å². The molecule has 0 nitrogen and oxygen atoms in total. The first kappa shape index (κ1) is 9.29. The van der Waals surface area contributed by atoms with Gasteiger partial charge in [0.15, 0.2) is 0 Å². The van der Waals surface area contributed by atoms with Crippen molar-refractivity contribution in [3.63, 3.8) is 0 Å². The summed E-state index contributed by atoms with van der Waals surface area (Å²) in [5, 5.41) is 0. The molecule has 0 aromatic rings. The molecule has 0 bridgehead atoms.